The molecular formula is C25H17F7N6O2. The fourth-order valence-electron chi connectivity index (χ4n) is 4.55. The molecule has 1 aliphatic rings. The summed E-state index contributed by atoms with van der Waals surface area (Å²) >= 11 is 0. The van der Waals surface area contributed by atoms with Gasteiger partial charge in [0.05, 0.1) is 29.4 Å². The molecule has 15 heteroatoms. The minimum absolute atomic E-state index is 0.325. The number of alkyl halides is 4. The van der Waals surface area contributed by atoms with Crippen molar-refractivity contribution >= 4 is 23.1 Å². The topological polar surface area (TPSA) is 106 Å². The number of fused-ring (bicyclic) bond motifs is 1. The first-order valence-electron chi connectivity index (χ1n) is 11.5. The number of nitrogens with two attached hydrogens (primary N) is 1. The standard InChI is InChI=1S/C25H17F7N6O2/c26-14-4-2-1-3-11(14)24(40)37-8-16(28)17(9-37)36-23(39)19-15(27)6-5-12(20(19)29)18-7-13(25(30,31)32)21-22(33)34-10-35-38(18)21/h1-7,10,16-17H,8-9H2,(H,36,39)(H2,33,34,35)/t16-,17+/m0/s1. The average Bonchev–Trinajstić information content (AvgIpc) is 3.46. The number of hydrogen-bond donors (Lipinski definition) is 2. The quantitative estimate of drug-likeness (QED) is 0.364. The van der Waals surface area contributed by atoms with Gasteiger partial charge in [-0.3, -0.25) is 9.59 Å². The van der Waals surface area contributed by atoms with Crippen LogP contribution in [0.1, 0.15) is 26.3 Å². The Bertz CT molecular complexity index is 1650. The highest BCUT2D eigenvalue weighted by atomic mass is 19.4. The number of anilines is 1. The lowest BCUT2D eigenvalue weighted by molar-refractivity contribution is -0.136. The number of hydrogen-bond acceptors (Lipinski definition) is 5. The Balaban J connectivity index is 1.46. The van der Waals surface area contributed by atoms with E-state index < -0.39 is 94.5 Å². The monoisotopic (exact) mass is 566 g/mol. The summed E-state index contributed by atoms with van der Waals surface area (Å²) in [4.78, 5) is 30.0. The first kappa shape index (κ1) is 26.9. The Morgan fingerprint density at radius 3 is 2.45 bits per heavy atom. The van der Waals surface area contributed by atoms with E-state index in [2.05, 4.69) is 15.4 Å². The predicted octanol–water partition coefficient (Wildman–Crippen LogP) is 4.01. The van der Waals surface area contributed by atoms with E-state index in [1.54, 1.807) is 0 Å². The normalized spacial score (nSPS) is 17.4. The van der Waals surface area contributed by atoms with Crippen molar-refractivity contribution in [2.24, 2.45) is 0 Å². The van der Waals surface area contributed by atoms with E-state index in [0.29, 0.717) is 16.6 Å². The van der Waals surface area contributed by atoms with E-state index in [-0.39, 0.29) is 5.56 Å². The number of nitrogens with one attached hydrogen (secondary N) is 1. The Labute approximate surface area is 220 Å². The third-order valence-corrected chi connectivity index (χ3v) is 6.44. The second-order valence-electron chi connectivity index (χ2n) is 8.92. The summed E-state index contributed by atoms with van der Waals surface area (Å²) in [6, 6.07) is 5.58. The minimum Gasteiger partial charge on any atom is -0.382 e. The molecule has 0 unspecified atom stereocenters. The van der Waals surface area contributed by atoms with Gasteiger partial charge in [0.25, 0.3) is 11.8 Å². The van der Waals surface area contributed by atoms with E-state index >= 15 is 4.39 Å². The van der Waals surface area contributed by atoms with Crippen molar-refractivity contribution in [2.75, 3.05) is 18.8 Å². The molecule has 0 radical (unpaired) electrons. The molecule has 3 heterocycles. The van der Waals surface area contributed by atoms with Gasteiger partial charge in [0.15, 0.2) is 5.82 Å². The van der Waals surface area contributed by atoms with E-state index in [1.807, 2.05) is 0 Å². The Kier molecular flexibility index (Phi) is 6.59. The predicted molar refractivity (Wildman–Crippen MR) is 126 cm³/mol. The van der Waals surface area contributed by atoms with Crippen molar-refractivity contribution in [1.29, 1.82) is 0 Å². The maximum absolute atomic E-state index is 15.6. The van der Waals surface area contributed by atoms with Gasteiger partial charge in [0, 0.05) is 12.1 Å². The Morgan fingerprint density at radius 2 is 1.75 bits per heavy atom. The average molecular weight is 566 g/mol. The molecular weight excluding hydrogens is 549 g/mol. The van der Waals surface area contributed by atoms with Gasteiger partial charge in [-0.05, 0) is 30.3 Å². The van der Waals surface area contributed by atoms with Crippen LogP contribution in [-0.4, -0.2) is 56.6 Å². The molecule has 1 fully saturated rings. The van der Waals surface area contributed by atoms with Crippen LogP contribution < -0.4 is 11.1 Å². The molecule has 1 saturated heterocycles. The molecule has 2 aromatic heterocycles. The number of amides is 2. The van der Waals surface area contributed by atoms with Gasteiger partial charge in [-0.25, -0.2) is 27.1 Å². The van der Waals surface area contributed by atoms with Gasteiger partial charge in [-0.1, -0.05) is 12.1 Å². The molecule has 3 N–H and O–H groups in total. The first-order chi connectivity index (χ1) is 18.9. The van der Waals surface area contributed by atoms with Crippen molar-refractivity contribution in [3.63, 3.8) is 0 Å². The molecule has 0 aliphatic carbocycles. The molecule has 0 spiro atoms. The largest absolute Gasteiger partial charge is 0.418 e. The lowest BCUT2D eigenvalue weighted by Crippen LogP contribution is -2.42. The van der Waals surface area contributed by atoms with Crippen molar-refractivity contribution in [2.45, 2.75) is 18.4 Å². The van der Waals surface area contributed by atoms with Crippen LogP contribution in [0.15, 0.2) is 48.8 Å². The maximum Gasteiger partial charge on any atom is 0.418 e. The van der Waals surface area contributed by atoms with Gasteiger partial charge in [0.1, 0.15) is 41.0 Å². The molecule has 1 aliphatic heterocycles. The zero-order valence-corrected chi connectivity index (χ0v) is 20.0. The fraction of sp³-hybridized carbons (Fsp3) is 0.200. The molecule has 2 amide bonds. The third-order valence-electron chi connectivity index (χ3n) is 6.44. The van der Waals surface area contributed by atoms with Crippen LogP contribution in [0.5, 0.6) is 0 Å². The van der Waals surface area contributed by atoms with Gasteiger partial charge in [-0.2, -0.15) is 18.3 Å². The number of carbonyl (C=O) groups excluding carboxylic acids is 2. The second kappa shape index (κ2) is 9.81. The van der Waals surface area contributed by atoms with Crippen molar-refractivity contribution < 1.29 is 40.3 Å². The summed E-state index contributed by atoms with van der Waals surface area (Å²) in [5.41, 5.74) is 0.967. The third kappa shape index (κ3) is 4.56. The summed E-state index contributed by atoms with van der Waals surface area (Å²) < 4.78 is 101. The van der Waals surface area contributed by atoms with Crippen LogP contribution >= 0.6 is 0 Å². The first-order valence-corrected chi connectivity index (χ1v) is 11.5. The minimum atomic E-state index is -4.94. The molecule has 5 rings (SSSR count). The van der Waals surface area contributed by atoms with Crippen molar-refractivity contribution in [3.05, 3.63) is 82.9 Å². The molecule has 40 heavy (non-hydrogen) atoms. The number of carbonyl (C=O) groups is 2. The number of benzene rings is 2. The SMILES string of the molecule is Nc1ncnn2c(-c3ccc(F)c(C(=O)N[C@@H]4CN(C(=O)c5ccccc5F)C[C@@H]4F)c3F)cc(C(F)(F)F)c12. The van der Waals surface area contributed by atoms with E-state index in [4.69, 9.17) is 5.73 Å². The number of likely N-dealkylation sites (tertiary alicyclic amines) is 1. The lowest BCUT2D eigenvalue weighted by atomic mass is 10.0. The molecule has 8 nitrogen and oxygen atoms in total. The molecule has 2 atom stereocenters. The van der Waals surface area contributed by atoms with Crippen LogP contribution in [0.2, 0.25) is 0 Å². The summed E-state index contributed by atoms with van der Waals surface area (Å²) in [7, 11) is 0. The highest BCUT2D eigenvalue weighted by Crippen LogP contribution is 2.39. The van der Waals surface area contributed by atoms with E-state index in [1.165, 1.54) is 18.2 Å². The summed E-state index contributed by atoms with van der Waals surface area (Å²) in [6.07, 6.45) is -5.97. The summed E-state index contributed by atoms with van der Waals surface area (Å²) in [5.74, 6) is -6.59. The zero-order valence-electron chi connectivity index (χ0n) is 20.0. The number of rotatable bonds is 4. The molecule has 208 valence electrons. The highest BCUT2D eigenvalue weighted by molar-refractivity contribution is 5.97. The van der Waals surface area contributed by atoms with Crippen LogP contribution in [0.3, 0.4) is 0 Å². The molecule has 0 bridgehead atoms. The second-order valence-corrected chi connectivity index (χ2v) is 8.92. The van der Waals surface area contributed by atoms with E-state index in [9.17, 15) is 35.9 Å². The van der Waals surface area contributed by atoms with Gasteiger partial charge in [0.2, 0.25) is 0 Å². The smallest absolute Gasteiger partial charge is 0.382 e. The Hall–Kier alpha value is -4.69. The summed E-state index contributed by atoms with van der Waals surface area (Å²) in [6.45, 7) is -0.960. The van der Waals surface area contributed by atoms with Gasteiger partial charge < -0.3 is 16.0 Å². The number of halogens is 7. The number of aromatic nitrogens is 3. The number of nitrogen functional groups attached to an aromatic ring is 1. The van der Waals surface area contributed by atoms with Crippen LogP contribution in [0.4, 0.5) is 36.6 Å². The Morgan fingerprint density at radius 1 is 1.02 bits per heavy atom. The van der Waals surface area contributed by atoms with Crippen LogP contribution in [-0.2, 0) is 6.18 Å². The molecule has 2 aromatic carbocycles. The molecule has 0 saturated carbocycles. The lowest BCUT2D eigenvalue weighted by Gasteiger charge is -2.18. The van der Waals surface area contributed by atoms with Gasteiger partial charge in [-0.15, -0.1) is 0 Å². The number of nitrogens with zero attached hydrogens (tertiary/aromatic N) is 4. The summed E-state index contributed by atoms with van der Waals surface area (Å²) in [5, 5.41) is 5.81. The van der Waals surface area contributed by atoms with Crippen LogP contribution in [0.25, 0.3) is 16.8 Å². The van der Waals surface area contributed by atoms with Crippen LogP contribution in [0, 0.1) is 17.5 Å². The molecule has 4 aromatic rings. The zero-order chi connectivity index (χ0) is 28.9. The van der Waals surface area contributed by atoms with E-state index in [0.717, 1.165) is 23.4 Å². The highest BCUT2D eigenvalue weighted by Gasteiger charge is 2.39. The maximum atomic E-state index is 15.6. The van der Waals surface area contributed by atoms with Crippen molar-refractivity contribution in [3.8, 4) is 11.3 Å². The fourth-order valence-corrected chi connectivity index (χ4v) is 4.55. The van der Waals surface area contributed by atoms with Gasteiger partial charge >= 0.3 is 6.18 Å². The van der Waals surface area contributed by atoms with Crippen molar-refractivity contribution in [1.82, 2.24) is 24.8 Å².